The highest BCUT2D eigenvalue weighted by Gasteiger charge is 2.30. The number of nitrogens with zero attached hydrogens (tertiary/aromatic N) is 1. The Balaban J connectivity index is 1.91. The molecule has 1 amide bonds. The molecule has 162 valence electrons. The van der Waals surface area contributed by atoms with Gasteiger partial charge >= 0.3 is 0 Å². The van der Waals surface area contributed by atoms with E-state index in [1.807, 2.05) is 38.1 Å². The van der Waals surface area contributed by atoms with Crippen molar-refractivity contribution in [2.45, 2.75) is 39.3 Å². The maximum Gasteiger partial charge on any atom is 0.220 e. The largest absolute Gasteiger partial charge is 0.493 e. The summed E-state index contributed by atoms with van der Waals surface area (Å²) in [5.41, 5.74) is 2.90. The highest BCUT2D eigenvalue weighted by molar-refractivity contribution is 5.76. The van der Waals surface area contributed by atoms with E-state index in [1.165, 1.54) is 11.6 Å². The van der Waals surface area contributed by atoms with Crippen LogP contribution in [0.3, 0.4) is 0 Å². The van der Waals surface area contributed by atoms with Gasteiger partial charge in [-0.1, -0.05) is 32.0 Å². The van der Waals surface area contributed by atoms with Gasteiger partial charge in [0.05, 0.1) is 20.3 Å². The second-order valence-electron chi connectivity index (χ2n) is 8.14. The van der Waals surface area contributed by atoms with Crippen LogP contribution in [0.15, 0.2) is 36.4 Å². The van der Waals surface area contributed by atoms with Crippen LogP contribution in [-0.2, 0) is 17.8 Å². The van der Waals surface area contributed by atoms with Gasteiger partial charge in [0.2, 0.25) is 5.91 Å². The number of hydrogen-bond donors (Lipinski definition) is 1. The number of hydrogen-bond acceptors (Lipinski definition) is 4. The SMILES string of the molecule is COc1cc2c(cc1OC)C(CNC(=O)CC(C)C)N(Cc1ccccc1F)CC2. The van der Waals surface area contributed by atoms with Crippen molar-refractivity contribution in [2.24, 2.45) is 5.92 Å². The molecule has 3 rings (SSSR count). The molecule has 0 fully saturated rings. The monoisotopic (exact) mass is 414 g/mol. The number of methoxy groups -OCH3 is 2. The summed E-state index contributed by atoms with van der Waals surface area (Å²) in [5.74, 6) is 1.47. The summed E-state index contributed by atoms with van der Waals surface area (Å²) in [4.78, 5) is 14.5. The van der Waals surface area contributed by atoms with E-state index in [-0.39, 0.29) is 17.8 Å². The molecule has 0 spiro atoms. The fourth-order valence-corrected chi connectivity index (χ4v) is 4.01. The van der Waals surface area contributed by atoms with Gasteiger partial charge in [0.15, 0.2) is 11.5 Å². The van der Waals surface area contributed by atoms with E-state index in [2.05, 4.69) is 10.2 Å². The van der Waals surface area contributed by atoms with Crippen LogP contribution >= 0.6 is 0 Å². The van der Waals surface area contributed by atoms with Crippen molar-refractivity contribution in [2.75, 3.05) is 27.3 Å². The fourth-order valence-electron chi connectivity index (χ4n) is 4.01. The molecule has 5 nitrogen and oxygen atoms in total. The van der Waals surface area contributed by atoms with E-state index in [0.29, 0.717) is 42.5 Å². The summed E-state index contributed by atoms with van der Waals surface area (Å²) in [6.45, 7) is 5.75. The van der Waals surface area contributed by atoms with Crippen LogP contribution in [0.2, 0.25) is 0 Å². The van der Waals surface area contributed by atoms with Crippen molar-refractivity contribution in [1.82, 2.24) is 10.2 Å². The Bertz CT molecular complexity index is 885. The van der Waals surface area contributed by atoms with E-state index in [9.17, 15) is 9.18 Å². The maximum absolute atomic E-state index is 14.3. The van der Waals surface area contributed by atoms with Gasteiger partial charge in [0.25, 0.3) is 0 Å². The number of carbonyl (C=O) groups excluding carboxylic acids is 1. The number of benzene rings is 2. The van der Waals surface area contributed by atoms with Crippen molar-refractivity contribution < 1.29 is 18.7 Å². The third kappa shape index (κ3) is 5.11. The Hall–Kier alpha value is -2.60. The zero-order valence-corrected chi connectivity index (χ0v) is 18.2. The second kappa shape index (κ2) is 9.94. The van der Waals surface area contributed by atoms with Crippen molar-refractivity contribution in [3.63, 3.8) is 0 Å². The van der Waals surface area contributed by atoms with Crippen LogP contribution < -0.4 is 14.8 Å². The van der Waals surface area contributed by atoms with Crippen molar-refractivity contribution >= 4 is 5.91 Å². The molecule has 1 atom stereocenters. The lowest BCUT2D eigenvalue weighted by molar-refractivity contribution is -0.122. The molecule has 0 aromatic heterocycles. The number of carbonyl (C=O) groups is 1. The summed E-state index contributed by atoms with van der Waals surface area (Å²) in [7, 11) is 3.24. The summed E-state index contributed by atoms with van der Waals surface area (Å²) >= 11 is 0. The van der Waals surface area contributed by atoms with Gasteiger partial charge < -0.3 is 14.8 Å². The molecule has 0 bridgehead atoms. The van der Waals surface area contributed by atoms with Gasteiger partial charge in [-0.25, -0.2) is 4.39 Å². The molecule has 6 heteroatoms. The van der Waals surface area contributed by atoms with E-state index >= 15 is 0 Å². The van der Waals surface area contributed by atoms with Crippen molar-refractivity contribution in [3.05, 3.63) is 58.9 Å². The number of halogens is 1. The molecule has 30 heavy (non-hydrogen) atoms. The molecule has 1 aliphatic heterocycles. The molecule has 2 aromatic rings. The molecule has 1 heterocycles. The quantitative estimate of drug-likeness (QED) is 0.707. The van der Waals surface area contributed by atoms with Crippen molar-refractivity contribution in [1.29, 1.82) is 0 Å². The molecule has 2 aromatic carbocycles. The first-order chi connectivity index (χ1) is 14.4. The molecule has 1 unspecified atom stereocenters. The molecule has 0 radical (unpaired) electrons. The summed E-state index contributed by atoms with van der Waals surface area (Å²) < 4.78 is 25.3. The summed E-state index contributed by atoms with van der Waals surface area (Å²) in [6.07, 6.45) is 1.30. The molecule has 0 saturated heterocycles. The Morgan fingerprint density at radius 3 is 2.57 bits per heavy atom. The van der Waals surface area contributed by atoms with Crippen LogP contribution in [0.25, 0.3) is 0 Å². The fraction of sp³-hybridized carbons (Fsp3) is 0.458. The van der Waals surface area contributed by atoms with Crippen LogP contribution in [0.5, 0.6) is 11.5 Å². The van der Waals surface area contributed by atoms with Gasteiger partial charge in [-0.3, -0.25) is 9.69 Å². The number of amides is 1. The smallest absolute Gasteiger partial charge is 0.220 e. The van der Waals surface area contributed by atoms with Crippen LogP contribution in [0, 0.1) is 11.7 Å². The number of nitrogens with one attached hydrogen (secondary N) is 1. The average molecular weight is 415 g/mol. The predicted molar refractivity (Wildman–Crippen MR) is 115 cm³/mol. The molecule has 0 aliphatic carbocycles. The number of ether oxygens (including phenoxy) is 2. The first-order valence-corrected chi connectivity index (χ1v) is 10.4. The third-order valence-corrected chi connectivity index (χ3v) is 5.53. The number of rotatable bonds is 8. The van der Waals surface area contributed by atoms with E-state index in [1.54, 1.807) is 20.3 Å². The Morgan fingerprint density at radius 1 is 1.20 bits per heavy atom. The maximum atomic E-state index is 14.3. The predicted octanol–water partition coefficient (Wildman–Crippen LogP) is 4.10. The minimum atomic E-state index is -0.210. The first-order valence-electron chi connectivity index (χ1n) is 10.4. The third-order valence-electron chi connectivity index (χ3n) is 5.53. The normalized spacial score (nSPS) is 16.3. The summed E-state index contributed by atoms with van der Waals surface area (Å²) in [6, 6.07) is 10.8. The first kappa shape index (κ1) is 22.1. The molecule has 1 aliphatic rings. The van der Waals surface area contributed by atoms with Gasteiger partial charge in [-0.05, 0) is 41.7 Å². The number of fused-ring (bicyclic) bond motifs is 1. The van der Waals surface area contributed by atoms with Crippen molar-refractivity contribution in [3.8, 4) is 11.5 Å². The molecular weight excluding hydrogens is 383 g/mol. The second-order valence-corrected chi connectivity index (χ2v) is 8.14. The Kier molecular flexibility index (Phi) is 7.32. The van der Waals surface area contributed by atoms with E-state index in [4.69, 9.17) is 9.47 Å². The van der Waals surface area contributed by atoms with Gasteiger partial charge in [0, 0.05) is 31.6 Å². The lowest BCUT2D eigenvalue weighted by atomic mass is 9.91. The van der Waals surface area contributed by atoms with Crippen LogP contribution in [0.1, 0.15) is 43.0 Å². The highest BCUT2D eigenvalue weighted by Crippen LogP contribution is 2.38. The van der Waals surface area contributed by atoms with E-state index in [0.717, 1.165) is 18.5 Å². The Labute approximate surface area is 178 Å². The zero-order chi connectivity index (χ0) is 21.7. The minimum absolute atomic E-state index is 0.0310. The zero-order valence-electron chi connectivity index (χ0n) is 18.2. The van der Waals surface area contributed by atoms with Gasteiger partial charge in [0.1, 0.15) is 5.82 Å². The van der Waals surface area contributed by atoms with Crippen LogP contribution in [0.4, 0.5) is 4.39 Å². The minimum Gasteiger partial charge on any atom is -0.493 e. The topological polar surface area (TPSA) is 50.8 Å². The summed E-state index contributed by atoms with van der Waals surface area (Å²) in [5, 5.41) is 3.07. The van der Waals surface area contributed by atoms with Gasteiger partial charge in [-0.15, -0.1) is 0 Å². The van der Waals surface area contributed by atoms with Crippen LogP contribution in [-0.4, -0.2) is 38.1 Å². The standard InChI is InChI=1S/C24H31FN2O3/c1-16(2)11-24(28)26-14-21-19-13-23(30-4)22(29-3)12-17(19)9-10-27(21)15-18-7-5-6-8-20(18)25/h5-8,12-13,16,21H,9-11,14-15H2,1-4H3,(H,26,28). The lowest BCUT2D eigenvalue weighted by Gasteiger charge is -2.38. The average Bonchev–Trinajstić information content (AvgIpc) is 2.72. The highest BCUT2D eigenvalue weighted by atomic mass is 19.1. The molecule has 0 saturated carbocycles. The molecular formula is C24H31FN2O3. The lowest BCUT2D eigenvalue weighted by Crippen LogP contribution is -2.42. The van der Waals surface area contributed by atoms with E-state index < -0.39 is 0 Å². The van der Waals surface area contributed by atoms with Gasteiger partial charge in [-0.2, -0.15) is 0 Å². The molecule has 1 N–H and O–H groups in total. The Morgan fingerprint density at radius 2 is 1.90 bits per heavy atom.